The van der Waals surface area contributed by atoms with Gasteiger partial charge in [-0.05, 0) is 46.1 Å². The second kappa shape index (κ2) is 9.32. The molecule has 0 spiro atoms. The molecule has 9 aromatic rings. The van der Waals surface area contributed by atoms with Crippen molar-refractivity contribution in [2.24, 2.45) is 0 Å². The van der Waals surface area contributed by atoms with E-state index >= 15 is 0 Å². The molecule has 0 amide bonds. The zero-order chi connectivity index (χ0) is 25.1. The van der Waals surface area contributed by atoms with Crippen LogP contribution in [0, 0.1) is 12.1 Å². The first kappa shape index (κ1) is 23.5. The molecule has 0 N–H and O–H groups in total. The molecule has 0 bridgehead atoms. The Morgan fingerprint density at radius 1 is 0.513 bits per heavy atom. The van der Waals surface area contributed by atoms with Crippen LogP contribution in [0.4, 0.5) is 0 Å². The average molecular weight is 679 g/mol. The summed E-state index contributed by atoms with van der Waals surface area (Å²) in [5, 5.41) is 7.62. The molecule has 5 aromatic carbocycles. The van der Waals surface area contributed by atoms with Crippen molar-refractivity contribution in [3.63, 3.8) is 0 Å². The number of pyridine rings is 2. The van der Waals surface area contributed by atoms with Crippen LogP contribution in [0.1, 0.15) is 0 Å². The molecule has 0 aliphatic rings. The Morgan fingerprint density at radius 3 is 1.95 bits per heavy atom. The normalized spacial score (nSPS) is 11.4. The Hall–Kier alpha value is -4.57. The third-order valence-electron chi connectivity index (χ3n) is 7.04. The van der Waals surface area contributed by atoms with Crippen molar-refractivity contribution in [2.75, 3.05) is 0 Å². The second-order valence-corrected chi connectivity index (χ2v) is 9.18. The Kier molecular flexibility index (Phi) is 5.62. The van der Waals surface area contributed by atoms with E-state index in [4.69, 9.17) is 13.8 Å². The molecule has 9 rings (SSSR count). The third-order valence-corrected chi connectivity index (χ3v) is 7.04. The van der Waals surface area contributed by atoms with Crippen molar-refractivity contribution in [1.29, 1.82) is 0 Å². The van der Waals surface area contributed by atoms with E-state index in [-0.39, 0.29) is 20.1 Å². The molecular formula is C34H18IrN2O2-2. The number of nitrogens with zero attached hydrogens (tertiary/aromatic N) is 2. The number of hydrogen-bond donors (Lipinski definition) is 0. The molecule has 1 radical (unpaired) electrons. The maximum absolute atomic E-state index is 6.16. The van der Waals surface area contributed by atoms with Gasteiger partial charge in [0.1, 0.15) is 16.7 Å². The van der Waals surface area contributed by atoms with Gasteiger partial charge in [-0.2, -0.15) is 0 Å². The zero-order valence-corrected chi connectivity index (χ0v) is 22.8. The standard InChI is InChI=1S/C23H10NO2.C11H8N.Ir/c1-4-12-13-5-2-8-16-20(13)22-18(26-16)10-11-24-23(22)14-6-3-9-17-21(14)19(12)15(7-1)25-17;1-2-6-10(7-3-1)11-8-4-5-9-12-11;/h1-5,7-11H;1-6,8-9H;/q2*-1;. The first-order valence-corrected chi connectivity index (χ1v) is 12.4. The quantitative estimate of drug-likeness (QED) is 0.163. The fourth-order valence-electron chi connectivity index (χ4n) is 5.47. The van der Waals surface area contributed by atoms with Gasteiger partial charge in [-0.25, -0.2) is 0 Å². The number of rotatable bonds is 1. The summed E-state index contributed by atoms with van der Waals surface area (Å²) in [6.45, 7) is 0. The van der Waals surface area contributed by atoms with Gasteiger partial charge in [-0.3, -0.25) is 0 Å². The van der Waals surface area contributed by atoms with Crippen molar-refractivity contribution < 1.29 is 28.9 Å². The van der Waals surface area contributed by atoms with Crippen LogP contribution in [-0.4, -0.2) is 9.97 Å². The fourth-order valence-corrected chi connectivity index (χ4v) is 5.47. The Labute approximate surface area is 236 Å². The molecule has 0 saturated heterocycles. The van der Waals surface area contributed by atoms with E-state index in [1.807, 2.05) is 84.9 Å². The molecule has 0 unspecified atom stereocenters. The number of furan rings is 2. The summed E-state index contributed by atoms with van der Waals surface area (Å²) >= 11 is 0. The van der Waals surface area contributed by atoms with Crippen LogP contribution in [0.5, 0.6) is 0 Å². The molecule has 0 saturated carbocycles. The van der Waals surface area contributed by atoms with Crippen LogP contribution in [-0.2, 0) is 20.1 Å². The average Bonchev–Trinajstić information content (AvgIpc) is 3.56. The molecule has 0 aliphatic heterocycles. The molecule has 0 atom stereocenters. The summed E-state index contributed by atoms with van der Waals surface area (Å²) < 4.78 is 12.3. The fraction of sp³-hybridized carbons (Fsp3) is 0. The van der Waals surface area contributed by atoms with Gasteiger partial charge in [-0.1, -0.05) is 47.9 Å². The molecule has 0 fully saturated rings. The van der Waals surface area contributed by atoms with Crippen LogP contribution in [0.3, 0.4) is 0 Å². The van der Waals surface area contributed by atoms with Crippen molar-refractivity contribution in [1.82, 2.24) is 9.97 Å². The summed E-state index contributed by atoms with van der Waals surface area (Å²) in [7, 11) is 0. The Bertz CT molecular complexity index is 1950. The van der Waals surface area contributed by atoms with Gasteiger partial charge in [0.2, 0.25) is 0 Å². The van der Waals surface area contributed by atoms with Gasteiger partial charge in [0.05, 0.1) is 5.58 Å². The van der Waals surface area contributed by atoms with E-state index in [0.29, 0.717) is 0 Å². The third kappa shape index (κ3) is 3.63. The summed E-state index contributed by atoms with van der Waals surface area (Å²) in [6, 6.07) is 38.5. The van der Waals surface area contributed by atoms with Crippen molar-refractivity contribution in [3.8, 4) is 11.3 Å². The molecule has 187 valence electrons. The first-order valence-electron chi connectivity index (χ1n) is 12.4. The first-order chi connectivity index (χ1) is 18.9. The van der Waals surface area contributed by atoms with E-state index in [2.05, 4.69) is 29.2 Å². The molecule has 39 heavy (non-hydrogen) atoms. The number of hydrogen-bond acceptors (Lipinski definition) is 4. The van der Waals surface area contributed by atoms with Gasteiger partial charge < -0.3 is 18.8 Å². The molecular weight excluding hydrogens is 661 g/mol. The SMILES string of the molecule is [Ir].[c-]1ccc2oc3cccc4c5cccc6oc7ccnc(c1c2c34)c7c65.[c-]1ccccc1-c1ccccn1. The van der Waals surface area contributed by atoms with Gasteiger partial charge in [0.25, 0.3) is 0 Å². The van der Waals surface area contributed by atoms with E-state index in [1.54, 1.807) is 12.4 Å². The molecule has 0 aliphatic carbocycles. The van der Waals surface area contributed by atoms with Crippen LogP contribution in [0.15, 0.2) is 118 Å². The van der Waals surface area contributed by atoms with Crippen molar-refractivity contribution in [3.05, 3.63) is 122 Å². The van der Waals surface area contributed by atoms with Crippen LogP contribution in [0.2, 0.25) is 0 Å². The minimum absolute atomic E-state index is 0. The summed E-state index contributed by atoms with van der Waals surface area (Å²) in [6.07, 6.45) is 3.59. The molecule has 4 aromatic heterocycles. The van der Waals surface area contributed by atoms with Crippen molar-refractivity contribution in [2.45, 2.75) is 0 Å². The van der Waals surface area contributed by atoms with Crippen LogP contribution < -0.4 is 0 Å². The summed E-state index contributed by atoms with van der Waals surface area (Å²) in [5.41, 5.74) is 6.38. The van der Waals surface area contributed by atoms with Gasteiger partial charge in [-0.15, -0.1) is 53.4 Å². The predicted octanol–water partition coefficient (Wildman–Crippen LogP) is 8.97. The van der Waals surface area contributed by atoms with E-state index in [9.17, 15) is 0 Å². The van der Waals surface area contributed by atoms with Gasteiger partial charge >= 0.3 is 0 Å². The number of fused-ring (bicyclic) bond motifs is 2. The van der Waals surface area contributed by atoms with E-state index in [1.165, 1.54) is 0 Å². The maximum atomic E-state index is 6.16. The maximum Gasteiger partial charge on any atom is 0.135 e. The second-order valence-electron chi connectivity index (χ2n) is 9.18. The minimum Gasteiger partial charge on any atom is -0.476 e. The monoisotopic (exact) mass is 679 g/mol. The number of benzene rings is 4. The van der Waals surface area contributed by atoms with Crippen molar-refractivity contribution >= 4 is 65.6 Å². The molecule has 4 heterocycles. The van der Waals surface area contributed by atoms with Crippen LogP contribution >= 0.6 is 0 Å². The van der Waals surface area contributed by atoms with E-state index in [0.717, 1.165) is 76.8 Å². The zero-order valence-electron chi connectivity index (χ0n) is 20.4. The molecule has 4 nitrogen and oxygen atoms in total. The summed E-state index contributed by atoms with van der Waals surface area (Å²) in [4.78, 5) is 8.94. The number of aromatic nitrogens is 2. The predicted molar refractivity (Wildman–Crippen MR) is 152 cm³/mol. The molecule has 5 heteroatoms. The smallest absolute Gasteiger partial charge is 0.135 e. The Morgan fingerprint density at radius 2 is 1.23 bits per heavy atom. The van der Waals surface area contributed by atoms with Gasteiger partial charge in [0, 0.05) is 48.8 Å². The van der Waals surface area contributed by atoms with Crippen LogP contribution in [0.25, 0.3) is 76.8 Å². The summed E-state index contributed by atoms with van der Waals surface area (Å²) in [5.74, 6) is 0. The topological polar surface area (TPSA) is 52.1 Å². The van der Waals surface area contributed by atoms with Gasteiger partial charge in [0.15, 0.2) is 0 Å². The van der Waals surface area contributed by atoms with E-state index < -0.39 is 0 Å². The minimum atomic E-state index is 0. The Balaban J connectivity index is 0.000000166. The largest absolute Gasteiger partial charge is 0.476 e.